The molecule has 0 spiro atoms. The molecule has 3 rings (SSSR count). The van der Waals surface area contributed by atoms with E-state index in [1.807, 2.05) is 6.07 Å². The second-order valence-corrected chi connectivity index (χ2v) is 7.07. The van der Waals surface area contributed by atoms with Gasteiger partial charge in [0, 0.05) is 45.1 Å². The second kappa shape index (κ2) is 10.6. The molecular weight excluding hydrogens is 463 g/mol. The lowest BCUT2D eigenvalue weighted by molar-refractivity contribution is 0.370. The van der Waals surface area contributed by atoms with Crippen LogP contribution < -0.4 is 10.2 Å². The fourth-order valence-corrected chi connectivity index (χ4v) is 3.61. The maximum atomic E-state index is 4.94. The van der Waals surface area contributed by atoms with Crippen molar-refractivity contribution < 1.29 is 0 Å². The summed E-state index contributed by atoms with van der Waals surface area (Å²) in [6.45, 7) is 13.8. The van der Waals surface area contributed by atoms with E-state index < -0.39 is 0 Å². The monoisotopic (exact) mass is 494 g/mol. The van der Waals surface area contributed by atoms with Gasteiger partial charge in [0.25, 0.3) is 0 Å². The average Bonchev–Trinajstić information content (AvgIpc) is 2.67. The van der Waals surface area contributed by atoms with E-state index in [0.29, 0.717) is 6.54 Å². The molecular formula is C21H31IN6. The Morgan fingerprint density at radius 2 is 1.64 bits per heavy atom. The summed E-state index contributed by atoms with van der Waals surface area (Å²) in [5.41, 5.74) is 5.27. The molecule has 1 fully saturated rings. The normalized spacial score (nSPS) is 14.6. The van der Waals surface area contributed by atoms with Crippen molar-refractivity contribution in [2.45, 2.75) is 34.2 Å². The van der Waals surface area contributed by atoms with Crippen LogP contribution in [0.25, 0.3) is 0 Å². The molecule has 0 atom stereocenters. The Hall–Kier alpha value is -1.90. The number of hydrogen-bond donors (Lipinski definition) is 1. The third-order valence-corrected chi connectivity index (χ3v) is 4.98. The number of nitrogens with zero attached hydrogens (tertiary/aromatic N) is 5. The molecule has 1 aromatic carbocycles. The molecule has 0 aliphatic carbocycles. The van der Waals surface area contributed by atoms with Crippen LogP contribution in [0.15, 0.2) is 35.6 Å². The minimum Gasteiger partial charge on any atom is -0.357 e. The first-order chi connectivity index (χ1) is 13.1. The van der Waals surface area contributed by atoms with Crippen LogP contribution in [0.4, 0.5) is 5.95 Å². The van der Waals surface area contributed by atoms with Gasteiger partial charge in [-0.15, -0.1) is 24.0 Å². The van der Waals surface area contributed by atoms with Crippen LogP contribution in [0.3, 0.4) is 0 Å². The van der Waals surface area contributed by atoms with Gasteiger partial charge >= 0.3 is 0 Å². The highest BCUT2D eigenvalue weighted by atomic mass is 127. The highest BCUT2D eigenvalue weighted by molar-refractivity contribution is 14.0. The van der Waals surface area contributed by atoms with Gasteiger partial charge in [-0.3, -0.25) is 0 Å². The molecule has 0 bridgehead atoms. The molecule has 0 unspecified atom stereocenters. The van der Waals surface area contributed by atoms with E-state index in [4.69, 9.17) is 4.99 Å². The smallest absolute Gasteiger partial charge is 0.225 e. The third kappa shape index (κ3) is 5.56. The van der Waals surface area contributed by atoms with Crippen LogP contribution >= 0.6 is 24.0 Å². The molecule has 1 aliphatic heterocycles. The molecule has 152 valence electrons. The summed E-state index contributed by atoms with van der Waals surface area (Å²) < 4.78 is 0. The van der Waals surface area contributed by atoms with Gasteiger partial charge < -0.3 is 15.1 Å². The largest absolute Gasteiger partial charge is 0.357 e. The van der Waals surface area contributed by atoms with E-state index >= 15 is 0 Å². The number of aryl methyl sites for hydroxylation is 3. The van der Waals surface area contributed by atoms with Gasteiger partial charge in [0.1, 0.15) is 0 Å². The predicted molar refractivity (Wildman–Crippen MR) is 127 cm³/mol. The fourth-order valence-electron chi connectivity index (χ4n) is 3.61. The summed E-state index contributed by atoms with van der Waals surface area (Å²) in [6.07, 6.45) is 3.60. The maximum Gasteiger partial charge on any atom is 0.225 e. The molecule has 2 aromatic rings. The topological polar surface area (TPSA) is 56.7 Å². The number of halogens is 1. The highest BCUT2D eigenvalue weighted by Crippen LogP contribution is 2.18. The van der Waals surface area contributed by atoms with E-state index in [9.17, 15) is 0 Å². The van der Waals surface area contributed by atoms with Crippen molar-refractivity contribution in [3.63, 3.8) is 0 Å². The molecule has 0 amide bonds. The van der Waals surface area contributed by atoms with Crippen molar-refractivity contribution >= 4 is 35.9 Å². The summed E-state index contributed by atoms with van der Waals surface area (Å²) in [6, 6.07) is 6.33. The molecule has 7 heteroatoms. The number of aliphatic imine (C=N–C) groups is 1. The Morgan fingerprint density at radius 1 is 1.04 bits per heavy atom. The van der Waals surface area contributed by atoms with Gasteiger partial charge in [-0.2, -0.15) is 0 Å². The summed E-state index contributed by atoms with van der Waals surface area (Å²) >= 11 is 0. The number of piperazine rings is 1. The zero-order chi connectivity index (χ0) is 19.2. The number of benzene rings is 1. The minimum atomic E-state index is 0. The SMILES string of the molecule is CCNC(=NCc1c(C)cc(C)cc1C)N1CCN(c2ncccn2)CC1.I. The molecule has 1 aliphatic rings. The van der Waals surface area contributed by atoms with Gasteiger partial charge in [-0.1, -0.05) is 17.7 Å². The van der Waals surface area contributed by atoms with Crippen molar-refractivity contribution in [3.8, 4) is 0 Å². The number of aromatic nitrogens is 2. The van der Waals surface area contributed by atoms with Gasteiger partial charge in [-0.25, -0.2) is 15.0 Å². The Kier molecular flexibility index (Phi) is 8.47. The standard InChI is InChI=1S/C21H30N6.HI/c1-5-22-20(25-15-19-17(3)13-16(2)14-18(19)4)26-9-11-27(12-10-26)21-23-7-6-8-24-21;/h6-8,13-14H,5,9-12,15H2,1-4H3,(H,22,25);1H. The van der Waals surface area contributed by atoms with Gasteiger partial charge in [0.2, 0.25) is 5.95 Å². The number of anilines is 1. The highest BCUT2D eigenvalue weighted by Gasteiger charge is 2.21. The third-order valence-electron chi connectivity index (χ3n) is 4.98. The summed E-state index contributed by atoms with van der Waals surface area (Å²) in [5, 5.41) is 3.45. The summed E-state index contributed by atoms with van der Waals surface area (Å²) in [4.78, 5) is 18.2. The minimum absolute atomic E-state index is 0. The Balaban J connectivity index is 0.00000280. The van der Waals surface area contributed by atoms with E-state index in [0.717, 1.165) is 44.6 Å². The lowest BCUT2D eigenvalue weighted by Crippen LogP contribution is -2.53. The second-order valence-electron chi connectivity index (χ2n) is 7.07. The zero-order valence-corrected chi connectivity index (χ0v) is 19.6. The average molecular weight is 494 g/mol. The van der Waals surface area contributed by atoms with Gasteiger partial charge in [0.15, 0.2) is 5.96 Å². The number of nitrogens with one attached hydrogen (secondary N) is 1. The van der Waals surface area contributed by atoms with Crippen molar-refractivity contribution in [1.82, 2.24) is 20.2 Å². The fraction of sp³-hybridized carbons (Fsp3) is 0.476. The Bertz CT molecular complexity index is 762. The van der Waals surface area contributed by atoms with Crippen molar-refractivity contribution in [1.29, 1.82) is 0 Å². The molecule has 1 N–H and O–H groups in total. The number of guanidine groups is 1. The molecule has 0 radical (unpaired) electrons. The van der Waals surface area contributed by atoms with Gasteiger partial charge in [-0.05, 0) is 50.5 Å². The Morgan fingerprint density at radius 3 is 2.21 bits per heavy atom. The first kappa shape index (κ1) is 22.4. The van der Waals surface area contributed by atoms with Crippen LogP contribution in [-0.2, 0) is 6.54 Å². The lowest BCUT2D eigenvalue weighted by atomic mass is 10.00. The molecule has 2 heterocycles. The number of hydrogen-bond acceptors (Lipinski definition) is 4. The first-order valence-electron chi connectivity index (χ1n) is 9.70. The van der Waals surface area contributed by atoms with E-state index in [-0.39, 0.29) is 24.0 Å². The van der Waals surface area contributed by atoms with Gasteiger partial charge in [0.05, 0.1) is 6.54 Å². The Labute approximate surface area is 185 Å². The summed E-state index contributed by atoms with van der Waals surface area (Å²) in [5.74, 6) is 1.80. The van der Waals surface area contributed by atoms with Crippen molar-refractivity contribution in [3.05, 3.63) is 52.8 Å². The van der Waals surface area contributed by atoms with Crippen LogP contribution in [0.1, 0.15) is 29.2 Å². The van der Waals surface area contributed by atoms with Crippen molar-refractivity contribution in [2.75, 3.05) is 37.6 Å². The first-order valence-corrected chi connectivity index (χ1v) is 9.70. The van der Waals surface area contributed by atoms with Crippen molar-refractivity contribution in [2.24, 2.45) is 4.99 Å². The molecule has 1 aromatic heterocycles. The number of rotatable bonds is 4. The zero-order valence-electron chi connectivity index (χ0n) is 17.3. The lowest BCUT2D eigenvalue weighted by Gasteiger charge is -2.36. The quantitative estimate of drug-likeness (QED) is 0.402. The van der Waals surface area contributed by atoms with Crippen LogP contribution in [0, 0.1) is 20.8 Å². The van der Waals surface area contributed by atoms with Crippen LogP contribution in [0.2, 0.25) is 0 Å². The molecule has 28 heavy (non-hydrogen) atoms. The molecule has 6 nitrogen and oxygen atoms in total. The molecule has 1 saturated heterocycles. The van der Waals surface area contributed by atoms with E-state index in [1.165, 1.54) is 22.3 Å². The predicted octanol–water partition coefficient (Wildman–Crippen LogP) is 3.31. The molecule has 0 saturated carbocycles. The summed E-state index contributed by atoms with van der Waals surface area (Å²) in [7, 11) is 0. The van der Waals surface area contributed by atoms with E-state index in [2.05, 4.69) is 64.9 Å². The maximum absolute atomic E-state index is 4.94. The van der Waals surface area contributed by atoms with E-state index in [1.54, 1.807) is 12.4 Å². The van der Waals surface area contributed by atoms with Crippen LogP contribution in [-0.4, -0.2) is 53.6 Å². The van der Waals surface area contributed by atoms with Crippen LogP contribution in [0.5, 0.6) is 0 Å².